The SMILES string of the molecule is O=C(Cn1ccccc1=O)NCc1ccc(N2CCOCC2)nc1. The van der Waals surface area contributed by atoms with Gasteiger partial charge in [-0.05, 0) is 17.7 Å². The first-order valence-corrected chi connectivity index (χ1v) is 7.92. The normalized spacial score (nSPS) is 14.4. The fraction of sp³-hybridized carbons (Fsp3) is 0.353. The molecule has 1 aliphatic heterocycles. The lowest BCUT2D eigenvalue weighted by atomic mass is 10.2. The van der Waals surface area contributed by atoms with E-state index < -0.39 is 0 Å². The number of carbonyl (C=O) groups excluding carboxylic acids is 1. The molecule has 1 N–H and O–H groups in total. The number of nitrogens with one attached hydrogen (secondary N) is 1. The van der Waals surface area contributed by atoms with Gasteiger partial charge in [-0.1, -0.05) is 12.1 Å². The van der Waals surface area contributed by atoms with E-state index in [-0.39, 0.29) is 18.0 Å². The highest BCUT2D eigenvalue weighted by Gasteiger charge is 2.12. The van der Waals surface area contributed by atoms with Crippen molar-refractivity contribution in [2.75, 3.05) is 31.2 Å². The van der Waals surface area contributed by atoms with Gasteiger partial charge in [0.2, 0.25) is 5.91 Å². The molecule has 0 saturated carbocycles. The van der Waals surface area contributed by atoms with Crippen molar-refractivity contribution in [3.8, 4) is 0 Å². The first-order chi connectivity index (χ1) is 11.7. The van der Waals surface area contributed by atoms with Crippen LogP contribution < -0.4 is 15.8 Å². The summed E-state index contributed by atoms with van der Waals surface area (Å²) < 4.78 is 6.70. The van der Waals surface area contributed by atoms with Crippen LogP contribution in [0.1, 0.15) is 5.56 Å². The Morgan fingerprint density at radius 2 is 2.04 bits per heavy atom. The third-order valence-corrected chi connectivity index (χ3v) is 3.85. The molecule has 24 heavy (non-hydrogen) atoms. The maximum Gasteiger partial charge on any atom is 0.250 e. The Kier molecular flexibility index (Phi) is 5.22. The summed E-state index contributed by atoms with van der Waals surface area (Å²) in [6.45, 7) is 3.52. The number of amides is 1. The Hall–Kier alpha value is -2.67. The van der Waals surface area contributed by atoms with Crippen molar-refractivity contribution in [1.82, 2.24) is 14.9 Å². The van der Waals surface area contributed by atoms with Crippen molar-refractivity contribution in [1.29, 1.82) is 0 Å². The molecule has 3 heterocycles. The van der Waals surface area contributed by atoms with Gasteiger partial charge in [-0.3, -0.25) is 9.59 Å². The van der Waals surface area contributed by atoms with Gasteiger partial charge >= 0.3 is 0 Å². The fourth-order valence-electron chi connectivity index (χ4n) is 2.50. The van der Waals surface area contributed by atoms with Crippen molar-refractivity contribution < 1.29 is 9.53 Å². The van der Waals surface area contributed by atoms with Crippen LogP contribution in [0.3, 0.4) is 0 Å². The molecule has 7 nitrogen and oxygen atoms in total. The Balaban J connectivity index is 1.52. The fourth-order valence-corrected chi connectivity index (χ4v) is 2.50. The lowest BCUT2D eigenvalue weighted by Gasteiger charge is -2.27. The molecule has 1 amide bonds. The number of morpholine rings is 1. The minimum atomic E-state index is -0.208. The van der Waals surface area contributed by atoms with Gasteiger partial charge in [0.15, 0.2) is 0 Å². The van der Waals surface area contributed by atoms with Crippen molar-refractivity contribution in [3.63, 3.8) is 0 Å². The van der Waals surface area contributed by atoms with Crippen LogP contribution in [0.25, 0.3) is 0 Å². The van der Waals surface area contributed by atoms with E-state index in [0.717, 1.165) is 37.7 Å². The van der Waals surface area contributed by atoms with Crippen LogP contribution in [0.5, 0.6) is 0 Å². The predicted molar refractivity (Wildman–Crippen MR) is 89.8 cm³/mol. The zero-order valence-electron chi connectivity index (χ0n) is 13.4. The number of hydrogen-bond acceptors (Lipinski definition) is 5. The van der Waals surface area contributed by atoms with E-state index in [1.165, 1.54) is 10.6 Å². The van der Waals surface area contributed by atoms with Gasteiger partial charge < -0.3 is 19.5 Å². The van der Waals surface area contributed by atoms with Gasteiger partial charge in [0, 0.05) is 38.1 Å². The van der Waals surface area contributed by atoms with E-state index in [1.807, 2.05) is 12.1 Å². The van der Waals surface area contributed by atoms with Crippen LogP contribution >= 0.6 is 0 Å². The van der Waals surface area contributed by atoms with Gasteiger partial charge in [0.1, 0.15) is 12.4 Å². The third-order valence-electron chi connectivity index (χ3n) is 3.85. The molecule has 0 bridgehead atoms. The summed E-state index contributed by atoms with van der Waals surface area (Å²) in [5.41, 5.74) is 0.727. The van der Waals surface area contributed by atoms with Crippen LogP contribution in [0, 0.1) is 0 Å². The zero-order valence-corrected chi connectivity index (χ0v) is 13.4. The predicted octanol–water partition coefficient (Wildman–Crippen LogP) is 0.396. The van der Waals surface area contributed by atoms with Crippen LogP contribution in [0.15, 0.2) is 47.5 Å². The molecule has 2 aromatic rings. The molecule has 1 fully saturated rings. The van der Waals surface area contributed by atoms with E-state index in [2.05, 4.69) is 15.2 Å². The van der Waals surface area contributed by atoms with Gasteiger partial charge in [-0.15, -0.1) is 0 Å². The van der Waals surface area contributed by atoms with E-state index >= 15 is 0 Å². The Labute approximate surface area is 139 Å². The largest absolute Gasteiger partial charge is 0.378 e. The third kappa shape index (κ3) is 4.20. The van der Waals surface area contributed by atoms with E-state index in [9.17, 15) is 9.59 Å². The van der Waals surface area contributed by atoms with Gasteiger partial charge in [0.05, 0.1) is 13.2 Å². The van der Waals surface area contributed by atoms with Gasteiger partial charge in [0.25, 0.3) is 5.56 Å². The summed E-state index contributed by atoms with van der Waals surface area (Å²) in [5, 5.41) is 2.80. The monoisotopic (exact) mass is 328 g/mol. The van der Waals surface area contributed by atoms with Crippen molar-refractivity contribution >= 4 is 11.7 Å². The van der Waals surface area contributed by atoms with E-state index in [4.69, 9.17) is 4.74 Å². The number of ether oxygens (including phenoxy) is 1. The highest BCUT2D eigenvalue weighted by atomic mass is 16.5. The molecule has 0 spiro atoms. The van der Waals surface area contributed by atoms with E-state index in [0.29, 0.717) is 6.54 Å². The number of nitrogens with zero attached hydrogens (tertiary/aromatic N) is 3. The molecule has 3 rings (SSSR count). The van der Waals surface area contributed by atoms with E-state index in [1.54, 1.807) is 24.5 Å². The Morgan fingerprint density at radius 1 is 1.21 bits per heavy atom. The molecule has 0 aromatic carbocycles. The number of carbonyl (C=O) groups is 1. The summed E-state index contributed by atoms with van der Waals surface area (Å²) in [4.78, 5) is 30.1. The minimum Gasteiger partial charge on any atom is -0.378 e. The van der Waals surface area contributed by atoms with Crippen molar-refractivity contribution in [2.24, 2.45) is 0 Å². The average molecular weight is 328 g/mol. The number of hydrogen-bond donors (Lipinski definition) is 1. The molecular formula is C17H20N4O3. The highest BCUT2D eigenvalue weighted by molar-refractivity contribution is 5.75. The van der Waals surface area contributed by atoms with Gasteiger partial charge in [-0.25, -0.2) is 4.98 Å². The number of aromatic nitrogens is 2. The van der Waals surface area contributed by atoms with Crippen LogP contribution in [0.2, 0.25) is 0 Å². The van der Waals surface area contributed by atoms with Gasteiger partial charge in [-0.2, -0.15) is 0 Å². The number of rotatable bonds is 5. The zero-order chi connectivity index (χ0) is 16.8. The lowest BCUT2D eigenvalue weighted by molar-refractivity contribution is -0.121. The molecule has 126 valence electrons. The second-order valence-corrected chi connectivity index (χ2v) is 5.57. The summed E-state index contributed by atoms with van der Waals surface area (Å²) in [6, 6.07) is 8.71. The maximum absolute atomic E-state index is 11.9. The topological polar surface area (TPSA) is 76.5 Å². The second kappa shape index (κ2) is 7.74. The maximum atomic E-state index is 11.9. The lowest BCUT2D eigenvalue weighted by Crippen LogP contribution is -2.36. The standard InChI is InChI=1S/C17H20N4O3/c22-16(13-21-6-2-1-3-17(21)23)19-12-14-4-5-15(18-11-14)20-7-9-24-10-8-20/h1-6,11H,7-10,12-13H2,(H,19,22). The molecular weight excluding hydrogens is 308 g/mol. The Bertz CT molecular complexity index is 736. The molecule has 1 saturated heterocycles. The second-order valence-electron chi connectivity index (χ2n) is 5.57. The van der Waals surface area contributed by atoms with Crippen molar-refractivity contribution in [3.05, 3.63) is 58.6 Å². The van der Waals surface area contributed by atoms with Crippen LogP contribution in [0.4, 0.5) is 5.82 Å². The molecule has 2 aromatic heterocycles. The minimum absolute atomic E-state index is 0.0129. The van der Waals surface area contributed by atoms with Crippen LogP contribution in [-0.2, 0) is 22.6 Å². The molecule has 7 heteroatoms. The Morgan fingerprint density at radius 3 is 2.75 bits per heavy atom. The van der Waals surface area contributed by atoms with Crippen molar-refractivity contribution in [2.45, 2.75) is 13.1 Å². The summed E-state index contributed by atoms with van der Waals surface area (Å²) >= 11 is 0. The van der Waals surface area contributed by atoms with Crippen LogP contribution in [-0.4, -0.2) is 41.8 Å². The average Bonchev–Trinajstić information content (AvgIpc) is 2.63. The number of pyridine rings is 2. The summed E-state index contributed by atoms with van der Waals surface area (Å²) in [7, 11) is 0. The molecule has 0 unspecified atom stereocenters. The first-order valence-electron chi connectivity index (χ1n) is 7.92. The summed E-state index contributed by atoms with van der Waals surface area (Å²) in [6.07, 6.45) is 3.36. The first kappa shape index (κ1) is 16.2. The molecule has 1 aliphatic rings. The molecule has 0 radical (unpaired) electrons. The quantitative estimate of drug-likeness (QED) is 0.860. The molecule has 0 atom stereocenters. The summed E-state index contributed by atoms with van der Waals surface area (Å²) in [5.74, 6) is 0.713. The smallest absolute Gasteiger partial charge is 0.250 e. The highest BCUT2D eigenvalue weighted by Crippen LogP contribution is 2.12. The number of anilines is 1. The molecule has 0 aliphatic carbocycles.